The first-order valence-corrected chi connectivity index (χ1v) is 9.82. The van der Waals surface area contributed by atoms with Gasteiger partial charge in [0.05, 0.1) is 21.1 Å². The number of rotatable bonds is 4. The zero-order chi connectivity index (χ0) is 19.0. The number of hydrogen-bond donors (Lipinski definition) is 2. The molecule has 11 heteroatoms. The number of hydrogen-bond acceptors (Lipinski definition) is 5. The molecule has 0 aromatic heterocycles. The largest absolute Gasteiger partial charge is 0.417 e. The maximum absolute atomic E-state index is 13.1. The summed E-state index contributed by atoms with van der Waals surface area (Å²) in [5.41, 5.74) is 3.85. The number of primary sulfonamides is 1. The van der Waals surface area contributed by atoms with Crippen LogP contribution in [0.25, 0.3) is 0 Å². The highest BCUT2D eigenvalue weighted by Crippen LogP contribution is 2.36. The van der Waals surface area contributed by atoms with Crippen molar-refractivity contribution in [3.63, 3.8) is 0 Å². The molecule has 0 aliphatic heterocycles. The maximum atomic E-state index is 13.1. The van der Waals surface area contributed by atoms with Gasteiger partial charge in [-0.25, -0.2) is 22.0 Å². The molecule has 0 aliphatic rings. The maximum Gasteiger partial charge on any atom is 0.417 e. The first-order valence-electron chi connectivity index (χ1n) is 6.62. The molecule has 0 atom stereocenters. The summed E-state index contributed by atoms with van der Waals surface area (Å²) in [7, 11) is -8.31. The summed E-state index contributed by atoms with van der Waals surface area (Å²) in [6.45, 7) is 0. The van der Waals surface area contributed by atoms with E-state index >= 15 is 0 Å². The van der Waals surface area contributed by atoms with Gasteiger partial charge in [-0.3, -0.25) is 0 Å². The second kappa shape index (κ2) is 6.32. The fraction of sp³-hybridized carbons (Fsp3) is 0.143. The highest BCUT2D eigenvalue weighted by atomic mass is 32.2. The molecule has 0 unspecified atom stereocenters. The lowest BCUT2D eigenvalue weighted by Gasteiger charge is -2.14. The van der Waals surface area contributed by atoms with Crippen LogP contribution in [0.1, 0.15) is 11.1 Å². The summed E-state index contributed by atoms with van der Waals surface area (Å²) >= 11 is 0. The molecule has 25 heavy (non-hydrogen) atoms. The van der Waals surface area contributed by atoms with Crippen LogP contribution in [0.3, 0.4) is 0 Å². The van der Waals surface area contributed by atoms with Gasteiger partial charge in [-0.15, -0.1) is 0 Å². The van der Waals surface area contributed by atoms with E-state index in [0.717, 1.165) is 24.3 Å². The lowest BCUT2D eigenvalue weighted by molar-refractivity contribution is -0.139. The van der Waals surface area contributed by atoms with Crippen LogP contribution < -0.4 is 10.9 Å². The molecule has 0 heterocycles. The molecule has 0 saturated carbocycles. The van der Waals surface area contributed by atoms with Crippen LogP contribution in [-0.2, 0) is 31.8 Å². The number of alkyl halides is 3. The highest BCUT2D eigenvalue weighted by Gasteiger charge is 2.37. The Morgan fingerprint density at radius 3 is 1.96 bits per heavy atom. The second-order valence-corrected chi connectivity index (χ2v) is 8.72. The summed E-state index contributed by atoms with van der Waals surface area (Å²) in [5.74, 6) is -0.745. The highest BCUT2D eigenvalue weighted by molar-refractivity contribution is 7.90. The van der Waals surface area contributed by atoms with Crippen molar-refractivity contribution in [2.24, 2.45) is 5.14 Å². The molecular weight excluding hydrogens is 381 g/mol. The molecule has 4 N–H and O–H groups in total. The van der Waals surface area contributed by atoms with E-state index in [1.807, 2.05) is 0 Å². The number of benzene rings is 2. The summed E-state index contributed by atoms with van der Waals surface area (Å²) in [6, 6.07) is 6.90. The van der Waals surface area contributed by atoms with Crippen LogP contribution in [0.15, 0.2) is 52.3 Å². The Morgan fingerprint density at radius 2 is 1.48 bits per heavy atom. The van der Waals surface area contributed by atoms with E-state index in [9.17, 15) is 30.0 Å². The second-order valence-electron chi connectivity index (χ2n) is 5.20. The number of sulfonamides is 1. The van der Waals surface area contributed by atoms with E-state index in [2.05, 4.69) is 0 Å². The zero-order valence-corrected chi connectivity index (χ0v) is 14.1. The van der Waals surface area contributed by atoms with Crippen molar-refractivity contribution in [1.29, 1.82) is 0 Å². The van der Waals surface area contributed by atoms with Gasteiger partial charge in [0, 0.05) is 5.69 Å². The van der Waals surface area contributed by atoms with Crippen molar-refractivity contribution in [3.05, 3.63) is 53.6 Å². The van der Waals surface area contributed by atoms with Gasteiger partial charge in [0.15, 0.2) is 9.84 Å². The predicted octanol–water partition coefficient (Wildman–Crippen LogP) is 1.91. The van der Waals surface area contributed by atoms with Crippen molar-refractivity contribution < 1.29 is 30.0 Å². The number of nitrogens with two attached hydrogens (primary N) is 2. The standard InChI is InChI=1S/C14H13F3N2O4S2/c15-14(16,17)12-7-10(18)3-6-13(12)24(20,21)8-9-1-4-11(5-2-9)25(19,22)23/h1-7H,8,18H2,(H2,19,22,23). The first-order chi connectivity index (χ1) is 11.3. The molecule has 0 fully saturated rings. The summed E-state index contributed by atoms with van der Waals surface area (Å²) in [6.07, 6.45) is -4.89. The first kappa shape index (κ1) is 19.2. The van der Waals surface area contributed by atoms with E-state index in [0.29, 0.717) is 6.07 Å². The van der Waals surface area contributed by atoms with Gasteiger partial charge < -0.3 is 5.73 Å². The third kappa shape index (κ3) is 4.50. The monoisotopic (exact) mass is 394 g/mol. The molecule has 0 bridgehead atoms. The van der Waals surface area contributed by atoms with Gasteiger partial charge in [0.25, 0.3) is 0 Å². The Kier molecular flexibility index (Phi) is 4.86. The SMILES string of the molecule is Nc1ccc(S(=O)(=O)Cc2ccc(S(N)(=O)=O)cc2)c(C(F)(F)F)c1. The van der Waals surface area contributed by atoms with Crippen LogP contribution in [0.2, 0.25) is 0 Å². The van der Waals surface area contributed by atoms with E-state index in [4.69, 9.17) is 10.9 Å². The molecule has 0 spiro atoms. The fourth-order valence-corrected chi connectivity index (χ4v) is 4.20. The minimum atomic E-state index is -4.89. The van der Waals surface area contributed by atoms with Crippen molar-refractivity contribution in [2.45, 2.75) is 21.7 Å². The Balaban J connectivity index is 2.44. The van der Waals surface area contributed by atoms with Crippen LogP contribution in [0, 0.1) is 0 Å². The van der Waals surface area contributed by atoms with Gasteiger partial charge in [0.1, 0.15) is 0 Å². The number of sulfone groups is 1. The average molecular weight is 394 g/mol. The van der Waals surface area contributed by atoms with E-state index in [1.165, 1.54) is 12.1 Å². The average Bonchev–Trinajstić information content (AvgIpc) is 2.45. The molecule has 2 aromatic rings. The van der Waals surface area contributed by atoms with Crippen LogP contribution in [-0.4, -0.2) is 16.8 Å². The van der Waals surface area contributed by atoms with Gasteiger partial charge >= 0.3 is 6.18 Å². The molecule has 6 nitrogen and oxygen atoms in total. The van der Waals surface area contributed by atoms with Gasteiger partial charge in [-0.2, -0.15) is 13.2 Å². The number of nitrogen functional groups attached to an aromatic ring is 1. The lowest BCUT2D eigenvalue weighted by Crippen LogP contribution is -2.15. The third-order valence-corrected chi connectivity index (χ3v) is 5.92. The van der Waals surface area contributed by atoms with Crippen molar-refractivity contribution in [1.82, 2.24) is 0 Å². The van der Waals surface area contributed by atoms with Crippen LogP contribution in [0.4, 0.5) is 18.9 Å². The van der Waals surface area contributed by atoms with Crippen molar-refractivity contribution >= 4 is 25.5 Å². The smallest absolute Gasteiger partial charge is 0.399 e. The summed E-state index contributed by atoms with van der Waals surface area (Å²) in [5, 5.41) is 4.92. The minimum Gasteiger partial charge on any atom is -0.399 e. The lowest BCUT2D eigenvalue weighted by atomic mass is 10.2. The number of halogens is 3. The Bertz CT molecular complexity index is 999. The Morgan fingerprint density at radius 1 is 0.920 bits per heavy atom. The van der Waals surface area contributed by atoms with Crippen molar-refractivity contribution in [3.8, 4) is 0 Å². The number of anilines is 1. The Hall–Kier alpha value is -2.11. The van der Waals surface area contributed by atoms with Gasteiger partial charge in [0.2, 0.25) is 10.0 Å². The van der Waals surface area contributed by atoms with Gasteiger partial charge in [-0.05, 0) is 35.9 Å². The molecule has 0 amide bonds. The quantitative estimate of drug-likeness (QED) is 0.768. The Labute approximate surface area is 142 Å². The minimum absolute atomic E-state index is 0.109. The summed E-state index contributed by atoms with van der Waals surface area (Å²) < 4.78 is 86.3. The van der Waals surface area contributed by atoms with Crippen LogP contribution in [0.5, 0.6) is 0 Å². The van der Waals surface area contributed by atoms with Crippen LogP contribution >= 0.6 is 0 Å². The predicted molar refractivity (Wildman–Crippen MR) is 84.6 cm³/mol. The van der Waals surface area contributed by atoms with E-state index in [-0.39, 0.29) is 16.1 Å². The molecule has 0 aliphatic carbocycles. The van der Waals surface area contributed by atoms with Crippen molar-refractivity contribution in [2.75, 3.05) is 5.73 Å². The molecule has 2 aromatic carbocycles. The van der Waals surface area contributed by atoms with Gasteiger partial charge in [-0.1, -0.05) is 12.1 Å². The van der Waals surface area contributed by atoms with E-state index < -0.39 is 42.2 Å². The molecular formula is C14H13F3N2O4S2. The molecule has 2 rings (SSSR count). The zero-order valence-electron chi connectivity index (χ0n) is 12.5. The normalized spacial score (nSPS) is 13.0. The molecule has 0 radical (unpaired) electrons. The summed E-state index contributed by atoms with van der Waals surface area (Å²) in [4.78, 5) is -1.14. The van der Waals surface area contributed by atoms with E-state index in [1.54, 1.807) is 0 Å². The fourth-order valence-electron chi connectivity index (χ4n) is 2.11. The third-order valence-electron chi connectivity index (χ3n) is 3.25. The molecule has 136 valence electrons. The molecule has 0 saturated heterocycles. The topological polar surface area (TPSA) is 120 Å².